The van der Waals surface area contributed by atoms with Gasteiger partial charge in [0.2, 0.25) is 0 Å². The van der Waals surface area contributed by atoms with E-state index in [-0.39, 0.29) is 0 Å². The van der Waals surface area contributed by atoms with Gasteiger partial charge in [-0.05, 0) is 13.3 Å². The van der Waals surface area contributed by atoms with Crippen molar-refractivity contribution < 1.29 is 13.3 Å². The zero-order valence-corrected chi connectivity index (χ0v) is 12.2. The first-order valence-electron chi connectivity index (χ1n) is 5.83. The number of rotatable bonds is 9. The van der Waals surface area contributed by atoms with Gasteiger partial charge in [0, 0.05) is 27.9 Å². The smallest absolute Gasteiger partial charge is 0.373 e. The van der Waals surface area contributed by atoms with Crippen LogP contribution in [0.1, 0.15) is 39.5 Å². The first kappa shape index (κ1) is 15.8. The molecule has 0 aromatic heterocycles. The molecular formula is C11H25NO3Si. The maximum absolute atomic E-state index is 5.34. The second-order valence-electron chi connectivity index (χ2n) is 3.70. The monoisotopic (exact) mass is 247 g/mol. The molecule has 0 N–H and O–H groups in total. The highest BCUT2D eigenvalue weighted by Gasteiger charge is 2.42. The molecule has 0 heterocycles. The molecule has 4 nitrogen and oxygen atoms in total. The third-order valence-corrected chi connectivity index (χ3v) is 5.27. The summed E-state index contributed by atoms with van der Waals surface area (Å²) in [4.78, 5) is 4.48. The van der Waals surface area contributed by atoms with Crippen molar-refractivity contribution in [2.24, 2.45) is 4.99 Å². The van der Waals surface area contributed by atoms with Gasteiger partial charge < -0.3 is 13.3 Å². The predicted octanol–water partition coefficient (Wildman–Crippen LogP) is 2.44. The molecule has 0 aliphatic rings. The molecule has 0 rings (SSSR count). The van der Waals surface area contributed by atoms with E-state index in [2.05, 4.69) is 11.9 Å². The van der Waals surface area contributed by atoms with E-state index < -0.39 is 8.80 Å². The Morgan fingerprint density at radius 1 is 1.00 bits per heavy atom. The van der Waals surface area contributed by atoms with Crippen LogP contribution in [0.15, 0.2) is 4.99 Å². The summed E-state index contributed by atoms with van der Waals surface area (Å²) in [6.45, 7) is 4.95. The Morgan fingerprint density at radius 3 is 2.00 bits per heavy atom. The molecular weight excluding hydrogens is 222 g/mol. The molecule has 0 spiro atoms. The highest BCUT2D eigenvalue weighted by Crippen LogP contribution is 2.09. The van der Waals surface area contributed by atoms with Gasteiger partial charge in [0.1, 0.15) is 0 Å². The molecule has 0 bridgehead atoms. The van der Waals surface area contributed by atoms with E-state index in [1.54, 1.807) is 21.3 Å². The lowest BCUT2D eigenvalue weighted by Crippen LogP contribution is -2.50. The maximum atomic E-state index is 5.34. The minimum Gasteiger partial charge on any atom is -0.373 e. The molecule has 0 fully saturated rings. The van der Waals surface area contributed by atoms with Gasteiger partial charge in [0.25, 0.3) is 0 Å². The summed E-state index contributed by atoms with van der Waals surface area (Å²) in [5.74, 6) is 0. The standard InChI is InChI=1S/C11H25NO3Si/c1-6-7-8-9-10-12-11(2)16(13-3,14-4)15-5/h6-10H2,1-5H3. The minimum absolute atomic E-state index is 0.830. The summed E-state index contributed by atoms with van der Waals surface area (Å²) < 4.78 is 16.0. The van der Waals surface area contributed by atoms with E-state index in [0.29, 0.717) is 0 Å². The van der Waals surface area contributed by atoms with Gasteiger partial charge in [-0.3, -0.25) is 4.99 Å². The molecule has 0 radical (unpaired) electrons. The first-order valence-corrected chi connectivity index (χ1v) is 7.56. The fraction of sp³-hybridized carbons (Fsp3) is 0.909. The summed E-state index contributed by atoms with van der Waals surface area (Å²) in [5, 5.41) is 0.858. The average Bonchev–Trinajstić information content (AvgIpc) is 2.32. The minimum atomic E-state index is -2.64. The Bertz CT molecular complexity index is 197. The van der Waals surface area contributed by atoms with Gasteiger partial charge in [-0.2, -0.15) is 0 Å². The van der Waals surface area contributed by atoms with Crippen LogP contribution in [0.5, 0.6) is 0 Å². The molecule has 96 valence electrons. The molecule has 16 heavy (non-hydrogen) atoms. The highest BCUT2D eigenvalue weighted by atomic mass is 28.4. The normalized spacial score (nSPS) is 13.2. The van der Waals surface area contributed by atoms with Crippen molar-refractivity contribution >= 4 is 14.1 Å². The number of hydrogen-bond donors (Lipinski definition) is 0. The second kappa shape index (κ2) is 8.87. The van der Waals surface area contributed by atoms with Crippen molar-refractivity contribution in [3.8, 4) is 0 Å². The average molecular weight is 247 g/mol. The Balaban J connectivity index is 4.16. The van der Waals surface area contributed by atoms with Gasteiger partial charge in [0.15, 0.2) is 0 Å². The fourth-order valence-electron chi connectivity index (χ4n) is 1.58. The fourth-order valence-corrected chi connectivity index (χ4v) is 3.27. The Kier molecular flexibility index (Phi) is 8.74. The van der Waals surface area contributed by atoms with E-state index >= 15 is 0 Å². The SMILES string of the molecule is CCCCCCN=C(C)[Si](OC)(OC)OC. The van der Waals surface area contributed by atoms with Gasteiger partial charge >= 0.3 is 8.80 Å². The van der Waals surface area contributed by atoms with Crippen molar-refractivity contribution in [1.29, 1.82) is 0 Å². The number of unbranched alkanes of at least 4 members (excludes halogenated alkanes) is 3. The van der Waals surface area contributed by atoms with E-state index in [9.17, 15) is 0 Å². The highest BCUT2D eigenvalue weighted by molar-refractivity contribution is 6.93. The largest absolute Gasteiger partial charge is 0.550 e. The van der Waals surface area contributed by atoms with Crippen LogP contribution in [0, 0.1) is 0 Å². The van der Waals surface area contributed by atoms with Crippen LogP contribution in [0.25, 0.3) is 0 Å². The Morgan fingerprint density at radius 2 is 1.56 bits per heavy atom. The lowest BCUT2D eigenvalue weighted by Gasteiger charge is -2.23. The lowest BCUT2D eigenvalue weighted by molar-refractivity contribution is 0.144. The topological polar surface area (TPSA) is 40.0 Å². The summed E-state index contributed by atoms with van der Waals surface area (Å²) >= 11 is 0. The number of aliphatic imine (C=N–C) groups is 1. The van der Waals surface area contributed by atoms with Gasteiger partial charge in [0.05, 0.1) is 5.33 Å². The molecule has 0 aliphatic heterocycles. The predicted molar refractivity (Wildman–Crippen MR) is 68.9 cm³/mol. The zero-order valence-electron chi connectivity index (χ0n) is 11.2. The molecule has 0 aliphatic carbocycles. The first-order chi connectivity index (χ1) is 7.66. The third kappa shape index (κ3) is 4.74. The molecule has 0 unspecified atom stereocenters. The molecule has 5 heteroatoms. The van der Waals surface area contributed by atoms with Crippen LogP contribution in [0.4, 0.5) is 0 Å². The molecule has 0 atom stereocenters. The molecule has 0 amide bonds. The molecule has 0 aromatic rings. The lowest BCUT2D eigenvalue weighted by atomic mass is 10.2. The summed E-state index contributed by atoms with van der Waals surface area (Å²) in [6.07, 6.45) is 4.87. The van der Waals surface area contributed by atoms with E-state index in [4.69, 9.17) is 13.3 Å². The van der Waals surface area contributed by atoms with Crippen molar-refractivity contribution in [3.63, 3.8) is 0 Å². The van der Waals surface area contributed by atoms with Crippen molar-refractivity contribution in [3.05, 3.63) is 0 Å². The third-order valence-electron chi connectivity index (χ3n) is 2.61. The Hall–Kier alpha value is -0.233. The summed E-state index contributed by atoms with van der Waals surface area (Å²) in [5.41, 5.74) is 0. The van der Waals surface area contributed by atoms with E-state index in [1.807, 2.05) is 6.92 Å². The van der Waals surface area contributed by atoms with Gasteiger partial charge in [-0.15, -0.1) is 0 Å². The molecule has 0 aromatic carbocycles. The summed E-state index contributed by atoms with van der Waals surface area (Å²) in [7, 11) is 2.18. The van der Waals surface area contributed by atoms with E-state index in [1.165, 1.54) is 19.3 Å². The van der Waals surface area contributed by atoms with Crippen molar-refractivity contribution in [2.45, 2.75) is 39.5 Å². The quantitative estimate of drug-likeness (QED) is 0.357. The van der Waals surface area contributed by atoms with Gasteiger partial charge in [-0.1, -0.05) is 26.2 Å². The summed E-state index contributed by atoms with van der Waals surface area (Å²) in [6, 6.07) is 0. The van der Waals surface area contributed by atoms with Crippen LogP contribution in [-0.2, 0) is 13.3 Å². The van der Waals surface area contributed by atoms with Gasteiger partial charge in [-0.25, -0.2) is 0 Å². The maximum Gasteiger partial charge on any atom is 0.550 e. The van der Waals surface area contributed by atoms with Crippen LogP contribution in [-0.4, -0.2) is 42.0 Å². The van der Waals surface area contributed by atoms with Crippen molar-refractivity contribution in [1.82, 2.24) is 0 Å². The molecule has 0 saturated heterocycles. The van der Waals surface area contributed by atoms with Crippen LogP contribution in [0.2, 0.25) is 0 Å². The van der Waals surface area contributed by atoms with Crippen LogP contribution < -0.4 is 0 Å². The molecule has 0 saturated carbocycles. The Labute approximate surface area is 100 Å². The zero-order chi connectivity index (χ0) is 12.4. The number of nitrogens with zero attached hydrogens (tertiary/aromatic N) is 1. The van der Waals surface area contributed by atoms with Crippen LogP contribution >= 0.6 is 0 Å². The van der Waals surface area contributed by atoms with Crippen LogP contribution in [0.3, 0.4) is 0 Å². The second-order valence-corrected chi connectivity index (χ2v) is 6.76. The number of hydrogen-bond acceptors (Lipinski definition) is 4. The van der Waals surface area contributed by atoms with E-state index in [0.717, 1.165) is 18.3 Å². The van der Waals surface area contributed by atoms with Crippen molar-refractivity contribution in [2.75, 3.05) is 27.9 Å².